The monoisotopic (exact) mass is 528 g/mol. The second-order valence-electron chi connectivity index (χ2n) is 9.14. The van der Waals surface area contributed by atoms with Crippen LogP contribution in [0.5, 0.6) is 0 Å². The van der Waals surface area contributed by atoms with E-state index in [-0.39, 0.29) is 25.0 Å². The molecule has 0 saturated carbocycles. The Bertz CT molecular complexity index is 1300. The summed E-state index contributed by atoms with van der Waals surface area (Å²) in [6.45, 7) is 2.97. The van der Waals surface area contributed by atoms with Crippen molar-refractivity contribution in [2.45, 2.75) is 26.3 Å². The van der Waals surface area contributed by atoms with Gasteiger partial charge in [-0.15, -0.1) is 0 Å². The van der Waals surface area contributed by atoms with Crippen LogP contribution in [0.3, 0.4) is 0 Å². The third-order valence-corrected chi connectivity index (χ3v) is 6.15. The van der Waals surface area contributed by atoms with Gasteiger partial charge in [-0.05, 0) is 67.3 Å². The van der Waals surface area contributed by atoms with Crippen LogP contribution < -0.4 is 4.90 Å². The predicted octanol–water partition coefficient (Wildman–Crippen LogP) is 3.86. The summed E-state index contributed by atoms with van der Waals surface area (Å²) >= 11 is 0. The number of hydrogen-bond donors (Lipinski definition) is 1. The van der Waals surface area contributed by atoms with Crippen molar-refractivity contribution in [3.8, 4) is 0 Å². The normalized spacial score (nSPS) is 14.1. The number of ether oxygens (including phenoxy) is 2. The lowest BCUT2D eigenvalue weighted by Crippen LogP contribution is -2.38. The van der Waals surface area contributed by atoms with Crippen LogP contribution in [0.15, 0.2) is 61.1 Å². The van der Waals surface area contributed by atoms with Gasteiger partial charge in [0.15, 0.2) is 0 Å². The van der Waals surface area contributed by atoms with Gasteiger partial charge in [0.05, 0.1) is 24.5 Å². The van der Waals surface area contributed by atoms with E-state index in [1.54, 1.807) is 29.6 Å². The molecule has 0 aliphatic carbocycles. The first-order valence-electron chi connectivity index (χ1n) is 12.9. The topological polar surface area (TPSA) is 115 Å². The second kappa shape index (κ2) is 14.1. The van der Waals surface area contributed by atoms with E-state index in [1.807, 2.05) is 49.4 Å². The molecular formula is C30H32N4O5. The first-order valence-corrected chi connectivity index (χ1v) is 12.9. The SMILES string of the molecule is Cc1cc(N(Cc2ccc(/C=C/c3cccnc3)nc2)C(=O)C2CCOCC2)cc(/C=C/C(=O)OCCO)n1. The molecule has 202 valence electrons. The van der Waals surface area contributed by atoms with Gasteiger partial charge in [-0.25, -0.2) is 4.79 Å². The van der Waals surface area contributed by atoms with Crippen LogP contribution in [0.2, 0.25) is 0 Å². The van der Waals surface area contributed by atoms with E-state index in [2.05, 4.69) is 15.0 Å². The molecule has 9 heteroatoms. The average Bonchev–Trinajstić information content (AvgIpc) is 2.97. The van der Waals surface area contributed by atoms with E-state index in [0.717, 1.165) is 16.8 Å². The lowest BCUT2D eigenvalue weighted by Gasteiger charge is -2.30. The molecule has 0 aromatic carbocycles. The van der Waals surface area contributed by atoms with Crippen molar-refractivity contribution < 1.29 is 24.2 Å². The van der Waals surface area contributed by atoms with Gasteiger partial charge in [0.2, 0.25) is 5.91 Å². The largest absolute Gasteiger partial charge is 0.460 e. The number of carbonyl (C=O) groups is 2. The Hall–Kier alpha value is -4.21. The minimum Gasteiger partial charge on any atom is -0.460 e. The summed E-state index contributed by atoms with van der Waals surface area (Å²) in [5, 5.41) is 8.84. The van der Waals surface area contributed by atoms with Gasteiger partial charge < -0.3 is 19.5 Å². The molecule has 4 heterocycles. The van der Waals surface area contributed by atoms with Gasteiger partial charge in [0.25, 0.3) is 0 Å². The van der Waals surface area contributed by atoms with E-state index < -0.39 is 5.97 Å². The molecule has 1 saturated heterocycles. The van der Waals surface area contributed by atoms with E-state index >= 15 is 0 Å². The van der Waals surface area contributed by atoms with Crippen LogP contribution in [0.4, 0.5) is 5.69 Å². The Morgan fingerprint density at radius 1 is 1.10 bits per heavy atom. The second-order valence-corrected chi connectivity index (χ2v) is 9.14. The molecule has 1 aliphatic rings. The number of anilines is 1. The number of hydrogen-bond acceptors (Lipinski definition) is 8. The number of aliphatic hydroxyl groups excluding tert-OH is 1. The predicted molar refractivity (Wildman–Crippen MR) is 148 cm³/mol. The number of aryl methyl sites for hydroxylation is 1. The fourth-order valence-corrected chi connectivity index (χ4v) is 4.19. The fraction of sp³-hybridized carbons (Fsp3) is 0.300. The van der Waals surface area contributed by atoms with Crippen molar-refractivity contribution >= 4 is 35.8 Å². The first kappa shape index (κ1) is 27.8. The number of esters is 1. The number of amides is 1. The maximum atomic E-state index is 13.7. The summed E-state index contributed by atoms with van der Waals surface area (Å²) in [6, 6.07) is 11.4. The third-order valence-electron chi connectivity index (χ3n) is 6.15. The van der Waals surface area contributed by atoms with Crippen LogP contribution in [-0.4, -0.2) is 58.4 Å². The third kappa shape index (κ3) is 8.39. The van der Waals surface area contributed by atoms with E-state index in [4.69, 9.17) is 14.6 Å². The lowest BCUT2D eigenvalue weighted by molar-refractivity contribution is -0.138. The van der Waals surface area contributed by atoms with Crippen LogP contribution in [0.1, 0.15) is 41.1 Å². The highest BCUT2D eigenvalue weighted by molar-refractivity contribution is 5.95. The zero-order chi connectivity index (χ0) is 27.5. The Kier molecular flexibility index (Phi) is 10.0. The van der Waals surface area contributed by atoms with Crippen molar-refractivity contribution in [1.82, 2.24) is 15.0 Å². The van der Waals surface area contributed by atoms with Gasteiger partial charge in [-0.1, -0.05) is 18.2 Å². The highest BCUT2D eigenvalue weighted by Crippen LogP contribution is 2.26. The summed E-state index contributed by atoms with van der Waals surface area (Å²) in [4.78, 5) is 40.5. The first-order chi connectivity index (χ1) is 19.0. The summed E-state index contributed by atoms with van der Waals surface area (Å²) in [5.74, 6) is -0.705. The zero-order valence-corrected chi connectivity index (χ0v) is 21.9. The highest BCUT2D eigenvalue weighted by atomic mass is 16.5. The Morgan fingerprint density at radius 3 is 2.67 bits per heavy atom. The smallest absolute Gasteiger partial charge is 0.330 e. The van der Waals surface area contributed by atoms with Crippen LogP contribution in [0, 0.1) is 12.8 Å². The molecule has 3 aromatic rings. The number of aliphatic hydroxyl groups is 1. The van der Waals surface area contributed by atoms with Gasteiger partial charge in [0.1, 0.15) is 6.61 Å². The standard InChI is InChI=1S/C30H32N4O5/c1-22-17-28(18-27(33-22)8-9-29(36)39-16-13-35)34(30(37)25-10-14-38-15-11-25)21-24-5-7-26(32-20-24)6-4-23-3-2-12-31-19-23/h2-9,12,17-20,25,35H,10-11,13-16,21H2,1H3/b6-4+,9-8+. The molecule has 0 unspecified atom stereocenters. The molecule has 9 nitrogen and oxygen atoms in total. The summed E-state index contributed by atoms with van der Waals surface area (Å²) < 4.78 is 10.3. The number of nitrogens with zero attached hydrogens (tertiary/aromatic N) is 4. The lowest BCUT2D eigenvalue weighted by atomic mass is 9.98. The minimum absolute atomic E-state index is 0.0155. The number of pyridine rings is 3. The van der Waals surface area contributed by atoms with Crippen LogP contribution in [0.25, 0.3) is 18.2 Å². The van der Waals surface area contributed by atoms with Crippen molar-refractivity contribution in [2.24, 2.45) is 5.92 Å². The average molecular weight is 529 g/mol. The summed E-state index contributed by atoms with van der Waals surface area (Å²) in [5.41, 5.74) is 4.57. The molecule has 3 aromatic heterocycles. The Morgan fingerprint density at radius 2 is 1.95 bits per heavy atom. The molecule has 4 rings (SSSR count). The van der Waals surface area contributed by atoms with Gasteiger partial charge in [0, 0.05) is 55.2 Å². The van der Waals surface area contributed by atoms with Crippen molar-refractivity contribution in [2.75, 3.05) is 31.3 Å². The maximum Gasteiger partial charge on any atom is 0.330 e. The van der Waals surface area contributed by atoms with Gasteiger partial charge in [-0.2, -0.15) is 0 Å². The zero-order valence-electron chi connectivity index (χ0n) is 21.9. The number of aromatic nitrogens is 3. The van der Waals surface area contributed by atoms with E-state index in [1.165, 1.54) is 12.2 Å². The molecular weight excluding hydrogens is 496 g/mol. The van der Waals surface area contributed by atoms with Crippen molar-refractivity contribution in [1.29, 1.82) is 0 Å². The molecule has 0 spiro atoms. The van der Waals surface area contributed by atoms with Gasteiger partial charge >= 0.3 is 5.97 Å². The molecule has 0 bridgehead atoms. The molecule has 1 aliphatic heterocycles. The molecule has 1 amide bonds. The number of rotatable bonds is 10. The Labute approximate surface area is 227 Å². The fourth-order valence-electron chi connectivity index (χ4n) is 4.19. The van der Waals surface area contributed by atoms with E-state index in [0.29, 0.717) is 49.7 Å². The van der Waals surface area contributed by atoms with E-state index in [9.17, 15) is 9.59 Å². The Balaban J connectivity index is 1.57. The summed E-state index contributed by atoms with van der Waals surface area (Å²) in [6.07, 6.45) is 13.3. The highest BCUT2D eigenvalue weighted by Gasteiger charge is 2.28. The molecule has 39 heavy (non-hydrogen) atoms. The van der Waals surface area contributed by atoms with Crippen molar-refractivity contribution in [3.05, 3.63) is 89.3 Å². The summed E-state index contributed by atoms with van der Waals surface area (Å²) in [7, 11) is 0. The molecule has 1 N–H and O–H groups in total. The maximum absolute atomic E-state index is 13.7. The van der Waals surface area contributed by atoms with Gasteiger partial charge in [-0.3, -0.25) is 19.7 Å². The molecule has 0 radical (unpaired) electrons. The van der Waals surface area contributed by atoms with Crippen LogP contribution in [-0.2, 0) is 25.6 Å². The molecule has 1 fully saturated rings. The van der Waals surface area contributed by atoms with Crippen LogP contribution >= 0.6 is 0 Å². The molecule has 0 atom stereocenters. The van der Waals surface area contributed by atoms with Crippen molar-refractivity contribution in [3.63, 3.8) is 0 Å². The quantitative estimate of drug-likeness (QED) is 0.312. The number of carbonyl (C=O) groups excluding carboxylic acids is 2. The minimum atomic E-state index is -0.576.